The molecule has 0 spiro atoms. The van der Waals surface area contributed by atoms with Crippen molar-refractivity contribution < 1.29 is 23.5 Å². The van der Waals surface area contributed by atoms with E-state index in [-0.39, 0.29) is 24.8 Å². The van der Waals surface area contributed by atoms with Crippen LogP contribution < -0.4 is 4.74 Å². The first kappa shape index (κ1) is 20.8. The molecule has 1 amide bonds. The van der Waals surface area contributed by atoms with Gasteiger partial charge < -0.3 is 23.6 Å². The monoisotopic (exact) mass is 441 g/mol. The van der Waals surface area contributed by atoms with E-state index in [4.69, 9.17) is 13.6 Å². The molecule has 6 nitrogen and oxygen atoms in total. The van der Waals surface area contributed by atoms with Gasteiger partial charge in [0.15, 0.2) is 5.76 Å². The lowest BCUT2D eigenvalue weighted by molar-refractivity contribution is 0.0459. The van der Waals surface area contributed by atoms with E-state index in [1.165, 1.54) is 6.26 Å². The lowest BCUT2D eigenvalue weighted by Gasteiger charge is -2.25. The van der Waals surface area contributed by atoms with E-state index < -0.39 is 6.10 Å². The smallest absolute Gasteiger partial charge is 0.289 e. The van der Waals surface area contributed by atoms with Gasteiger partial charge in [-0.2, -0.15) is 0 Å². The van der Waals surface area contributed by atoms with E-state index in [0.717, 1.165) is 27.5 Å². The molecule has 0 radical (unpaired) electrons. The Balaban J connectivity index is 1.28. The predicted molar refractivity (Wildman–Crippen MR) is 125 cm³/mol. The topological polar surface area (TPSA) is 76.1 Å². The molecule has 3 aromatic carbocycles. The Bertz CT molecular complexity index is 1360. The number of rotatable bonds is 8. The molecule has 0 bridgehead atoms. The minimum atomic E-state index is -0.885. The van der Waals surface area contributed by atoms with Gasteiger partial charge in [-0.15, -0.1) is 0 Å². The molecule has 5 aromatic rings. The number of ether oxygens (including phenoxy) is 1. The molecule has 6 heteroatoms. The summed E-state index contributed by atoms with van der Waals surface area (Å²) >= 11 is 0. The molecule has 1 unspecified atom stereocenters. The highest BCUT2D eigenvalue weighted by atomic mass is 16.5. The molecule has 0 saturated heterocycles. The van der Waals surface area contributed by atoms with Gasteiger partial charge in [0, 0.05) is 17.3 Å². The van der Waals surface area contributed by atoms with Crippen LogP contribution in [0.15, 0.2) is 100 Å². The number of fused-ring (bicyclic) bond motifs is 3. The van der Waals surface area contributed by atoms with Gasteiger partial charge in [-0.3, -0.25) is 4.79 Å². The van der Waals surface area contributed by atoms with Crippen molar-refractivity contribution in [2.24, 2.45) is 0 Å². The third-order valence-electron chi connectivity index (χ3n) is 5.46. The van der Waals surface area contributed by atoms with Crippen LogP contribution in [0.1, 0.15) is 16.1 Å². The largest absolute Gasteiger partial charge is 0.491 e. The van der Waals surface area contributed by atoms with Crippen molar-refractivity contribution in [3.05, 3.63) is 103 Å². The van der Waals surface area contributed by atoms with Gasteiger partial charge in [-0.1, -0.05) is 48.5 Å². The highest BCUT2D eigenvalue weighted by Gasteiger charge is 2.22. The molecule has 33 heavy (non-hydrogen) atoms. The summed E-state index contributed by atoms with van der Waals surface area (Å²) in [6, 6.07) is 26.3. The number of benzene rings is 3. The van der Waals surface area contributed by atoms with Crippen molar-refractivity contribution in [2.45, 2.75) is 12.6 Å². The Morgan fingerprint density at radius 2 is 1.70 bits per heavy atom. The number of nitrogens with zero attached hydrogens (tertiary/aromatic N) is 1. The molecule has 0 aliphatic carbocycles. The number of amides is 1. The Labute approximate surface area is 190 Å². The minimum Gasteiger partial charge on any atom is -0.491 e. The van der Waals surface area contributed by atoms with E-state index in [9.17, 15) is 9.90 Å². The van der Waals surface area contributed by atoms with E-state index in [1.807, 2.05) is 72.8 Å². The third kappa shape index (κ3) is 4.61. The van der Waals surface area contributed by atoms with Gasteiger partial charge >= 0.3 is 0 Å². The summed E-state index contributed by atoms with van der Waals surface area (Å²) in [5.41, 5.74) is 2.56. The first-order chi connectivity index (χ1) is 16.2. The summed E-state index contributed by atoms with van der Waals surface area (Å²) in [7, 11) is 0. The number of aliphatic hydroxyl groups excluding tert-OH is 1. The summed E-state index contributed by atoms with van der Waals surface area (Å²) in [4.78, 5) is 14.5. The second-order valence-electron chi connectivity index (χ2n) is 7.87. The van der Waals surface area contributed by atoms with Crippen LogP contribution >= 0.6 is 0 Å². The van der Waals surface area contributed by atoms with Gasteiger partial charge in [-0.05, 0) is 42.0 Å². The number of para-hydroxylation sites is 1. The van der Waals surface area contributed by atoms with Crippen LogP contribution in [0.3, 0.4) is 0 Å². The molecule has 0 fully saturated rings. The molecule has 2 heterocycles. The maximum atomic E-state index is 12.9. The maximum absolute atomic E-state index is 12.9. The lowest BCUT2D eigenvalue weighted by Crippen LogP contribution is -2.39. The van der Waals surface area contributed by atoms with Crippen molar-refractivity contribution >= 4 is 27.8 Å². The first-order valence-corrected chi connectivity index (χ1v) is 10.8. The fourth-order valence-electron chi connectivity index (χ4n) is 3.87. The van der Waals surface area contributed by atoms with Crippen molar-refractivity contribution in [1.82, 2.24) is 4.90 Å². The zero-order valence-electron chi connectivity index (χ0n) is 17.9. The molecule has 0 aliphatic rings. The minimum absolute atomic E-state index is 0.0397. The number of hydrogen-bond donors (Lipinski definition) is 1. The summed E-state index contributed by atoms with van der Waals surface area (Å²) in [5, 5.41) is 12.6. The molecule has 5 rings (SSSR count). The molecule has 2 aromatic heterocycles. The third-order valence-corrected chi connectivity index (χ3v) is 5.46. The van der Waals surface area contributed by atoms with E-state index in [2.05, 4.69) is 0 Å². The van der Waals surface area contributed by atoms with Crippen LogP contribution in [0.5, 0.6) is 5.75 Å². The number of carbonyl (C=O) groups excluding carboxylic acids is 1. The second-order valence-corrected chi connectivity index (χ2v) is 7.87. The van der Waals surface area contributed by atoms with Crippen LogP contribution in [0, 0.1) is 0 Å². The van der Waals surface area contributed by atoms with Crippen molar-refractivity contribution in [1.29, 1.82) is 0 Å². The van der Waals surface area contributed by atoms with Gasteiger partial charge in [0.25, 0.3) is 5.91 Å². The Morgan fingerprint density at radius 3 is 2.52 bits per heavy atom. The standard InChI is InChI=1S/C27H23NO5/c29-20(17-28(16-19-7-2-1-3-8-19)27(30)26-11-6-14-31-26)18-32-21-12-13-25-23(15-21)22-9-4-5-10-24(22)33-25/h1-15,20,29H,16-18H2. The van der Waals surface area contributed by atoms with Gasteiger partial charge in [0.2, 0.25) is 0 Å². The highest BCUT2D eigenvalue weighted by Crippen LogP contribution is 2.31. The summed E-state index contributed by atoms with van der Waals surface area (Å²) < 4.78 is 17.0. The molecule has 0 aliphatic heterocycles. The quantitative estimate of drug-likeness (QED) is 0.355. The van der Waals surface area contributed by atoms with Crippen LogP contribution in [0.4, 0.5) is 0 Å². The first-order valence-electron chi connectivity index (χ1n) is 10.8. The second kappa shape index (κ2) is 9.22. The average Bonchev–Trinajstić information content (AvgIpc) is 3.51. The fraction of sp³-hybridized carbons (Fsp3) is 0.148. The Hall–Kier alpha value is -4.03. The molecule has 166 valence electrons. The molecule has 0 saturated carbocycles. The van der Waals surface area contributed by atoms with Gasteiger partial charge in [0.1, 0.15) is 29.6 Å². The Kier molecular flexibility index (Phi) is 5.83. The van der Waals surface area contributed by atoms with Crippen LogP contribution in [0.25, 0.3) is 21.9 Å². The average molecular weight is 441 g/mol. The van der Waals surface area contributed by atoms with E-state index in [0.29, 0.717) is 12.3 Å². The van der Waals surface area contributed by atoms with Crippen LogP contribution in [-0.4, -0.2) is 35.2 Å². The van der Waals surface area contributed by atoms with E-state index in [1.54, 1.807) is 17.0 Å². The summed E-state index contributed by atoms with van der Waals surface area (Å²) in [6.45, 7) is 0.494. The SMILES string of the molecule is O=C(c1ccco1)N(Cc1ccccc1)CC(O)COc1ccc2oc3ccccc3c2c1. The number of furan rings is 2. The van der Waals surface area contributed by atoms with E-state index >= 15 is 0 Å². The van der Waals surface area contributed by atoms with Crippen molar-refractivity contribution in [3.8, 4) is 5.75 Å². The van der Waals surface area contributed by atoms with Crippen molar-refractivity contribution in [2.75, 3.05) is 13.2 Å². The Morgan fingerprint density at radius 1 is 0.909 bits per heavy atom. The van der Waals surface area contributed by atoms with Crippen LogP contribution in [0.2, 0.25) is 0 Å². The number of hydrogen-bond acceptors (Lipinski definition) is 5. The van der Waals surface area contributed by atoms with Gasteiger partial charge in [-0.25, -0.2) is 0 Å². The highest BCUT2D eigenvalue weighted by molar-refractivity contribution is 6.05. The zero-order valence-corrected chi connectivity index (χ0v) is 17.9. The predicted octanol–water partition coefficient (Wildman–Crippen LogP) is 5.26. The normalized spacial score (nSPS) is 12.2. The fourth-order valence-corrected chi connectivity index (χ4v) is 3.87. The zero-order chi connectivity index (χ0) is 22.6. The van der Waals surface area contributed by atoms with Crippen LogP contribution in [-0.2, 0) is 6.54 Å². The molecule has 1 atom stereocenters. The summed E-state index contributed by atoms with van der Waals surface area (Å²) in [5.74, 6) is 0.575. The maximum Gasteiger partial charge on any atom is 0.289 e. The van der Waals surface area contributed by atoms with Crippen molar-refractivity contribution in [3.63, 3.8) is 0 Å². The summed E-state index contributed by atoms with van der Waals surface area (Å²) in [6.07, 6.45) is 0.577. The van der Waals surface area contributed by atoms with Gasteiger partial charge in [0.05, 0.1) is 12.8 Å². The molecular weight excluding hydrogens is 418 g/mol. The lowest BCUT2D eigenvalue weighted by atomic mass is 10.1. The molecule has 1 N–H and O–H groups in total. The number of aliphatic hydroxyl groups is 1. The number of carbonyl (C=O) groups is 1. The molecular formula is C27H23NO5.